The van der Waals surface area contributed by atoms with Gasteiger partial charge in [-0.3, -0.25) is 0 Å². The van der Waals surface area contributed by atoms with Crippen LogP contribution in [0.3, 0.4) is 0 Å². The fraction of sp³-hybridized carbons (Fsp3) is 0.278. The first-order valence-electron chi connectivity index (χ1n) is 7.78. The van der Waals surface area contributed by atoms with E-state index >= 15 is 0 Å². The van der Waals surface area contributed by atoms with Gasteiger partial charge in [0.15, 0.2) is 6.61 Å². The molecule has 0 aliphatic heterocycles. The van der Waals surface area contributed by atoms with Crippen LogP contribution in [-0.2, 0) is 11.3 Å². The molecule has 0 amide bonds. The number of furan rings is 1. The number of carbonyl (C=O) groups is 1. The maximum Gasteiger partial charge on any atom is 0.338 e. The Bertz CT molecular complexity index is 895. The van der Waals surface area contributed by atoms with Crippen molar-refractivity contribution in [3.05, 3.63) is 53.3 Å². The van der Waals surface area contributed by atoms with Gasteiger partial charge >= 0.3 is 5.97 Å². The molecule has 0 atom stereocenters. The highest BCUT2D eigenvalue weighted by molar-refractivity contribution is 5.90. The number of nitrogens with zero attached hydrogens (tertiary/aromatic N) is 3. The molecule has 130 valence electrons. The van der Waals surface area contributed by atoms with Crippen molar-refractivity contribution in [1.29, 1.82) is 0 Å². The number of anilines is 1. The zero-order valence-corrected chi connectivity index (χ0v) is 14.6. The number of rotatable bonds is 5. The number of hydrogen-bond donors (Lipinski definition) is 0. The minimum absolute atomic E-state index is 0.0894. The largest absolute Gasteiger partial charge is 0.466 e. The van der Waals surface area contributed by atoms with Gasteiger partial charge in [-0.2, -0.15) is 0 Å². The Morgan fingerprint density at radius 1 is 1.16 bits per heavy atom. The Morgan fingerprint density at radius 2 is 1.96 bits per heavy atom. The smallest absolute Gasteiger partial charge is 0.338 e. The minimum Gasteiger partial charge on any atom is -0.466 e. The third kappa shape index (κ3) is 3.71. The van der Waals surface area contributed by atoms with Crippen LogP contribution in [0.15, 0.2) is 39.2 Å². The molecule has 7 nitrogen and oxygen atoms in total. The van der Waals surface area contributed by atoms with Crippen LogP contribution in [-0.4, -0.2) is 30.3 Å². The molecule has 7 heteroatoms. The highest BCUT2D eigenvalue weighted by Crippen LogP contribution is 2.25. The van der Waals surface area contributed by atoms with Gasteiger partial charge in [0.1, 0.15) is 11.5 Å². The topological polar surface area (TPSA) is 81.6 Å². The SMILES string of the molecule is Cc1cc(-c2nnc(COC(=O)c3cccc(N(C)C)c3)o2)c(C)o1. The summed E-state index contributed by atoms with van der Waals surface area (Å²) in [5.41, 5.74) is 2.12. The lowest BCUT2D eigenvalue weighted by atomic mass is 10.2. The third-order valence-corrected chi connectivity index (χ3v) is 3.66. The van der Waals surface area contributed by atoms with Crippen molar-refractivity contribution >= 4 is 11.7 Å². The Balaban J connectivity index is 1.67. The molecule has 0 N–H and O–H groups in total. The first-order chi connectivity index (χ1) is 11.9. The first-order valence-corrected chi connectivity index (χ1v) is 7.78. The molecule has 0 radical (unpaired) electrons. The molecule has 0 unspecified atom stereocenters. The molecule has 0 saturated heterocycles. The maximum atomic E-state index is 12.2. The normalized spacial score (nSPS) is 10.7. The van der Waals surface area contributed by atoms with Gasteiger partial charge in [-0.05, 0) is 38.1 Å². The summed E-state index contributed by atoms with van der Waals surface area (Å²) < 4.78 is 16.2. The molecule has 0 fully saturated rings. The van der Waals surface area contributed by atoms with Gasteiger partial charge in [-0.1, -0.05) is 6.07 Å². The van der Waals surface area contributed by atoms with Gasteiger partial charge in [0.05, 0.1) is 11.1 Å². The van der Waals surface area contributed by atoms with Gasteiger partial charge in [0.2, 0.25) is 0 Å². The van der Waals surface area contributed by atoms with Gasteiger partial charge in [-0.25, -0.2) is 4.79 Å². The average molecular weight is 341 g/mol. The summed E-state index contributed by atoms with van der Waals surface area (Å²) in [6, 6.07) is 9.01. The zero-order valence-electron chi connectivity index (χ0n) is 14.6. The van der Waals surface area contributed by atoms with E-state index in [1.54, 1.807) is 18.2 Å². The van der Waals surface area contributed by atoms with E-state index in [2.05, 4.69) is 10.2 Å². The van der Waals surface area contributed by atoms with Crippen molar-refractivity contribution in [3.8, 4) is 11.5 Å². The van der Waals surface area contributed by atoms with Gasteiger partial charge in [0.25, 0.3) is 11.8 Å². The molecular weight excluding hydrogens is 322 g/mol. The van der Waals surface area contributed by atoms with E-state index in [0.717, 1.165) is 17.0 Å². The van der Waals surface area contributed by atoms with Crippen LogP contribution < -0.4 is 4.90 Å². The van der Waals surface area contributed by atoms with Crippen molar-refractivity contribution in [2.45, 2.75) is 20.5 Å². The molecule has 0 saturated carbocycles. The molecule has 0 aliphatic carbocycles. The van der Waals surface area contributed by atoms with E-state index in [0.29, 0.717) is 17.2 Å². The number of benzene rings is 1. The van der Waals surface area contributed by atoms with Crippen LogP contribution in [0.4, 0.5) is 5.69 Å². The predicted octanol–water partition coefficient (Wildman–Crippen LogP) is 3.37. The van der Waals surface area contributed by atoms with Crippen molar-refractivity contribution < 1.29 is 18.4 Å². The second kappa shape index (κ2) is 6.80. The fourth-order valence-corrected chi connectivity index (χ4v) is 2.39. The van der Waals surface area contributed by atoms with E-state index in [4.69, 9.17) is 13.6 Å². The van der Waals surface area contributed by atoms with E-state index in [1.165, 1.54) is 0 Å². The van der Waals surface area contributed by atoms with Crippen LogP contribution in [0.25, 0.3) is 11.5 Å². The summed E-state index contributed by atoms with van der Waals surface area (Å²) in [6.45, 7) is 3.58. The molecule has 3 rings (SSSR count). The quantitative estimate of drug-likeness (QED) is 0.658. The predicted molar refractivity (Wildman–Crippen MR) is 91.4 cm³/mol. The van der Waals surface area contributed by atoms with Crippen molar-refractivity contribution in [2.24, 2.45) is 0 Å². The average Bonchev–Trinajstić information content (AvgIpc) is 3.18. The number of aryl methyl sites for hydroxylation is 2. The summed E-state index contributed by atoms with van der Waals surface area (Å²) in [4.78, 5) is 14.1. The number of ether oxygens (including phenoxy) is 1. The molecular formula is C18H19N3O4. The second-order valence-electron chi connectivity index (χ2n) is 5.85. The van der Waals surface area contributed by atoms with Gasteiger partial charge in [0, 0.05) is 19.8 Å². The zero-order chi connectivity index (χ0) is 18.0. The standard InChI is InChI=1S/C18H19N3O4/c1-11-8-15(12(2)24-11)17-20-19-16(25-17)10-23-18(22)13-6-5-7-14(9-13)21(3)4/h5-9H,10H2,1-4H3. The molecule has 1 aromatic carbocycles. The van der Waals surface area contributed by atoms with Gasteiger partial charge in [-0.15, -0.1) is 10.2 Å². The molecule has 2 heterocycles. The molecule has 2 aromatic heterocycles. The highest BCUT2D eigenvalue weighted by atomic mass is 16.5. The van der Waals surface area contributed by atoms with E-state index in [9.17, 15) is 4.79 Å². The second-order valence-corrected chi connectivity index (χ2v) is 5.85. The molecule has 3 aromatic rings. The van der Waals surface area contributed by atoms with Crippen LogP contribution in [0, 0.1) is 13.8 Å². The van der Waals surface area contributed by atoms with Crippen LogP contribution in [0.1, 0.15) is 27.8 Å². The van der Waals surface area contributed by atoms with Crippen LogP contribution >= 0.6 is 0 Å². The Hall–Kier alpha value is -3.09. The lowest BCUT2D eigenvalue weighted by Crippen LogP contribution is -2.11. The highest BCUT2D eigenvalue weighted by Gasteiger charge is 2.16. The van der Waals surface area contributed by atoms with E-state index in [-0.39, 0.29) is 12.5 Å². The summed E-state index contributed by atoms with van der Waals surface area (Å²) in [7, 11) is 3.81. The molecule has 0 aliphatic rings. The number of esters is 1. The Kier molecular flexibility index (Phi) is 4.56. The summed E-state index contributed by atoms with van der Waals surface area (Å²) >= 11 is 0. The van der Waals surface area contributed by atoms with E-state index < -0.39 is 5.97 Å². The third-order valence-electron chi connectivity index (χ3n) is 3.66. The molecule has 0 bridgehead atoms. The number of aromatic nitrogens is 2. The van der Waals surface area contributed by atoms with Crippen LogP contribution in [0.2, 0.25) is 0 Å². The monoisotopic (exact) mass is 341 g/mol. The van der Waals surface area contributed by atoms with Gasteiger partial charge < -0.3 is 18.5 Å². The fourth-order valence-electron chi connectivity index (χ4n) is 2.39. The van der Waals surface area contributed by atoms with E-state index in [1.807, 2.05) is 45.0 Å². The van der Waals surface area contributed by atoms with Crippen molar-refractivity contribution in [3.63, 3.8) is 0 Å². The van der Waals surface area contributed by atoms with Crippen molar-refractivity contribution in [1.82, 2.24) is 10.2 Å². The lowest BCUT2D eigenvalue weighted by molar-refractivity contribution is 0.0438. The Morgan fingerprint density at radius 3 is 2.64 bits per heavy atom. The van der Waals surface area contributed by atoms with Crippen molar-refractivity contribution in [2.75, 3.05) is 19.0 Å². The Labute approximate surface area is 145 Å². The lowest BCUT2D eigenvalue weighted by Gasteiger charge is -2.12. The summed E-state index contributed by atoms with van der Waals surface area (Å²) in [6.07, 6.45) is 0. The minimum atomic E-state index is -0.446. The molecule has 0 spiro atoms. The summed E-state index contributed by atoms with van der Waals surface area (Å²) in [5.74, 6) is 1.59. The summed E-state index contributed by atoms with van der Waals surface area (Å²) in [5, 5.41) is 7.88. The molecule has 25 heavy (non-hydrogen) atoms. The maximum absolute atomic E-state index is 12.2. The van der Waals surface area contributed by atoms with Crippen LogP contribution in [0.5, 0.6) is 0 Å². The number of hydrogen-bond acceptors (Lipinski definition) is 7. The number of carbonyl (C=O) groups excluding carboxylic acids is 1. The first kappa shape index (κ1) is 16.8.